The summed E-state index contributed by atoms with van der Waals surface area (Å²) >= 11 is 3.79. The number of carbonyl (C=O) groups excluding carboxylic acids is 3. The fourth-order valence-electron chi connectivity index (χ4n) is 8.03. The van der Waals surface area contributed by atoms with Crippen LogP contribution in [0, 0.1) is 17.8 Å². The van der Waals surface area contributed by atoms with Crippen LogP contribution >= 0.6 is 15.9 Å². The van der Waals surface area contributed by atoms with E-state index < -0.39 is 35.6 Å². The number of anilines is 2. The Morgan fingerprint density at radius 2 is 1.62 bits per heavy atom. The van der Waals surface area contributed by atoms with E-state index in [1.807, 2.05) is 86.6 Å². The summed E-state index contributed by atoms with van der Waals surface area (Å²) in [4.78, 5) is 49.1. The van der Waals surface area contributed by atoms with Crippen LogP contribution in [0.25, 0.3) is 10.8 Å². The predicted octanol–water partition coefficient (Wildman–Crippen LogP) is 5.73. The number of rotatable bonds is 12. The van der Waals surface area contributed by atoms with E-state index in [4.69, 9.17) is 4.74 Å². The number of benzene rings is 3. The van der Waals surface area contributed by atoms with Crippen LogP contribution in [0.3, 0.4) is 0 Å². The summed E-state index contributed by atoms with van der Waals surface area (Å²) in [5.41, 5.74) is 0.0867. The molecule has 9 heteroatoms. The van der Waals surface area contributed by atoms with Gasteiger partial charge in [0, 0.05) is 29.3 Å². The number of hydrogen-bond acceptors (Lipinski definition) is 5. The van der Waals surface area contributed by atoms with Crippen LogP contribution in [0.5, 0.6) is 0 Å². The summed E-state index contributed by atoms with van der Waals surface area (Å²) in [6.45, 7) is 12.0. The van der Waals surface area contributed by atoms with Gasteiger partial charge in [-0.3, -0.25) is 14.4 Å². The SMILES string of the molecule is C=CCN(C(=O)C1N([C@@H](CO)CC(C)C)C(=O)[C@@H]2[C@@H](C(=O)N(CC=C)c3ccccc3)[C@@H]3OC12CC3Br)c1ccc2ccccc2c1. The lowest BCUT2D eigenvalue weighted by atomic mass is 9.70. The summed E-state index contributed by atoms with van der Waals surface area (Å²) in [7, 11) is 0. The molecule has 47 heavy (non-hydrogen) atoms. The molecule has 2 bridgehead atoms. The van der Waals surface area contributed by atoms with Gasteiger partial charge in [-0.05, 0) is 53.8 Å². The number of ether oxygens (including phenoxy) is 1. The highest BCUT2D eigenvalue weighted by molar-refractivity contribution is 9.09. The molecule has 1 N–H and O–H groups in total. The second-order valence-electron chi connectivity index (χ2n) is 13.2. The Labute approximate surface area is 284 Å². The zero-order chi connectivity index (χ0) is 33.5. The van der Waals surface area contributed by atoms with Crippen molar-refractivity contribution in [3.05, 3.63) is 98.1 Å². The highest BCUT2D eigenvalue weighted by Crippen LogP contribution is 2.61. The summed E-state index contributed by atoms with van der Waals surface area (Å²) < 4.78 is 6.82. The lowest BCUT2D eigenvalue weighted by Crippen LogP contribution is -2.59. The summed E-state index contributed by atoms with van der Waals surface area (Å²) in [5, 5.41) is 12.7. The zero-order valence-corrected chi connectivity index (χ0v) is 28.5. The van der Waals surface area contributed by atoms with E-state index >= 15 is 4.79 Å². The minimum atomic E-state index is -1.27. The van der Waals surface area contributed by atoms with Crippen molar-refractivity contribution < 1.29 is 24.2 Å². The fraction of sp³-hybridized carbons (Fsp3) is 0.395. The Morgan fingerprint density at radius 3 is 2.26 bits per heavy atom. The molecule has 3 aliphatic rings. The molecule has 3 saturated heterocycles. The molecule has 3 aromatic carbocycles. The maximum atomic E-state index is 15.1. The molecule has 0 aromatic heterocycles. The molecule has 0 saturated carbocycles. The number of nitrogens with zero attached hydrogens (tertiary/aromatic N) is 3. The highest BCUT2D eigenvalue weighted by Gasteiger charge is 2.77. The van der Waals surface area contributed by atoms with Gasteiger partial charge in [-0.2, -0.15) is 0 Å². The van der Waals surface area contributed by atoms with Crippen LogP contribution in [-0.2, 0) is 19.1 Å². The van der Waals surface area contributed by atoms with Crippen LogP contribution in [0.1, 0.15) is 26.7 Å². The van der Waals surface area contributed by atoms with Crippen molar-refractivity contribution in [2.24, 2.45) is 17.8 Å². The van der Waals surface area contributed by atoms with Gasteiger partial charge in [0.25, 0.3) is 5.91 Å². The molecule has 246 valence electrons. The molecule has 3 heterocycles. The summed E-state index contributed by atoms with van der Waals surface area (Å²) in [6.07, 6.45) is 3.57. The van der Waals surface area contributed by atoms with Gasteiger partial charge in [-0.25, -0.2) is 0 Å². The van der Waals surface area contributed by atoms with Crippen molar-refractivity contribution in [2.75, 3.05) is 29.5 Å². The van der Waals surface area contributed by atoms with Crippen molar-refractivity contribution in [2.45, 2.75) is 55.3 Å². The van der Waals surface area contributed by atoms with Gasteiger partial charge >= 0.3 is 0 Å². The third-order valence-corrected chi connectivity index (χ3v) is 10.7. The van der Waals surface area contributed by atoms with Crippen molar-refractivity contribution in [3.8, 4) is 0 Å². The van der Waals surface area contributed by atoms with Crippen molar-refractivity contribution in [1.82, 2.24) is 4.90 Å². The topological polar surface area (TPSA) is 90.4 Å². The molecule has 3 amide bonds. The molecule has 6 rings (SSSR count). The first-order valence-electron chi connectivity index (χ1n) is 16.3. The van der Waals surface area contributed by atoms with Crippen LogP contribution in [0.15, 0.2) is 98.1 Å². The fourth-order valence-corrected chi connectivity index (χ4v) is 8.97. The first-order valence-corrected chi connectivity index (χ1v) is 17.2. The number of carbonyl (C=O) groups is 3. The number of alkyl halides is 1. The first-order chi connectivity index (χ1) is 22.7. The third kappa shape index (κ3) is 5.62. The molecule has 3 fully saturated rings. The van der Waals surface area contributed by atoms with E-state index in [-0.39, 0.29) is 48.2 Å². The Bertz CT molecular complexity index is 1680. The molecular weight excluding hydrogens is 658 g/mol. The number of amides is 3. The molecule has 7 atom stereocenters. The van der Waals surface area contributed by atoms with E-state index in [9.17, 15) is 14.7 Å². The van der Waals surface area contributed by atoms with E-state index in [0.29, 0.717) is 24.2 Å². The summed E-state index contributed by atoms with van der Waals surface area (Å²) in [6, 6.07) is 21.4. The van der Waals surface area contributed by atoms with Crippen LogP contribution in [0.4, 0.5) is 11.4 Å². The molecule has 3 aromatic rings. The minimum Gasteiger partial charge on any atom is -0.394 e. The van der Waals surface area contributed by atoms with Gasteiger partial charge in [0.05, 0.1) is 30.6 Å². The minimum absolute atomic E-state index is 0.137. The number of aliphatic hydroxyl groups excluding tert-OH is 1. The molecular formula is C38H42BrN3O5. The van der Waals surface area contributed by atoms with Crippen LogP contribution in [-0.4, -0.2) is 76.0 Å². The van der Waals surface area contributed by atoms with E-state index in [2.05, 4.69) is 29.1 Å². The predicted molar refractivity (Wildman–Crippen MR) is 188 cm³/mol. The zero-order valence-electron chi connectivity index (χ0n) is 26.9. The standard InChI is InChI=1S/C38H42BrN3O5/c1-5-18-40(27-14-8-7-9-15-27)35(44)31-32-36(45)42(29(23-43)20-24(3)4)34(38(32)22-30(39)33(31)47-38)37(46)41(19-6-2)28-17-16-25-12-10-11-13-26(25)21-28/h5-17,21,24,29-34,43H,1-2,18-20,22-23H2,3-4H3/t29-,30?,31-,32+,33-,34?,38?/m1/s1. The van der Waals surface area contributed by atoms with E-state index in [1.54, 1.807) is 26.9 Å². The smallest absolute Gasteiger partial charge is 0.253 e. The van der Waals surface area contributed by atoms with Crippen molar-refractivity contribution >= 4 is 55.8 Å². The molecule has 8 nitrogen and oxygen atoms in total. The van der Waals surface area contributed by atoms with Crippen molar-refractivity contribution in [1.29, 1.82) is 0 Å². The quantitative estimate of drug-likeness (QED) is 0.193. The molecule has 1 spiro atoms. The number of para-hydroxylation sites is 1. The molecule has 3 unspecified atom stereocenters. The van der Waals surface area contributed by atoms with Gasteiger partial charge in [-0.1, -0.05) is 90.5 Å². The van der Waals surface area contributed by atoms with Gasteiger partial charge in [0.15, 0.2) is 0 Å². The van der Waals surface area contributed by atoms with Gasteiger partial charge in [-0.15, -0.1) is 13.2 Å². The number of likely N-dealkylation sites (tertiary alicyclic amines) is 1. The second kappa shape index (κ2) is 13.4. The van der Waals surface area contributed by atoms with Gasteiger partial charge in [0.2, 0.25) is 11.8 Å². The lowest BCUT2D eigenvalue weighted by Gasteiger charge is -2.40. The number of aliphatic hydroxyl groups is 1. The van der Waals surface area contributed by atoms with Gasteiger partial charge in [0.1, 0.15) is 11.6 Å². The first kappa shape index (κ1) is 33.1. The average Bonchev–Trinajstić information content (AvgIpc) is 3.67. The number of halogens is 1. The largest absolute Gasteiger partial charge is 0.394 e. The molecule has 0 aliphatic carbocycles. The number of fused-ring (bicyclic) bond motifs is 2. The molecule has 3 aliphatic heterocycles. The summed E-state index contributed by atoms with van der Waals surface area (Å²) in [5.74, 6) is -2.50. The van der Waals surface area contributed by atoms with Crippen molar-refractivity contribution in [3.63, 3.8) is 0 Å². The second-order valence-corrected chi connectivity index (χ2v) is 14.4. The normalized spacial score (nSPS) is 26.8. The Kier molecular flexibility index (Phi) is 9.43. The van der Waals surface area contributed by atoms with Crippen LogP contribution < -0.4 is 9.80 Å². The lowest BCUT2D eigenvalue weighted by molar-refractivity contribution is -0.144. The van der Waals surface area contributed by atoms with Crippen LogP contribution in [0.2, 0.25) is 0 Å². The number of hydrogen-bond donors (Lipinski definition) is 1. The highest BCUT2D eigenvalue weighted by atomic mass is 79.9. The van der Waals surface area contributed by atoms with E-state index in [1.165, 1.54) is 0 Å². The Hall–Kier alpha value is -3.79. The average molecular weight is 701 g/mol. The monoisotopic (exact) mass is 699 g/mol. The van der Waals surface area contributed by atoms with Gasteiger partial charge < -0.3 is 24.5 Å². The van der Waals surface area contributed by atoms with E-state index in [0.717, 1.165) is 10.8 Å². The maximum absolute atomic E-state index is 15.1. The third-order valence-electron chi connectivity index (χ3n) is 9.86. The molecule has 0 radical (unpaired) electrons. The maximum Gasteiger partial charge on any atom is 0.253 e. The Morgan fingerprint density at radius 1 is 0.979 bits per heavy atom. The Balaban J connectivity index is 1.47.